The Morgan fingerprint density at radius 3 is 2.46 bits per heavy atom. The fraction of sp³-hybridized carbons (Fsp3) is 0.176. The van der Waals surface area contributed by atoms with Crippen molar-refractivity contribution in [3.8, 4) is 11.4 Å². The number of fused-ring (bicyclic) bond motifs is 2. The summed E-state index contributed by atoms with van der Waals surface area (Å²) in [7, 11) is 3.31. The monoisotopic (exact) mass is 492 g/mol. The van der Waals surface area contributed by atoms with Crippen LogP contribution in [0.4, 0.5) is 0 Å². The Hall–Kier alpha value is -1.17. The van der Waals surface area contributed by atoms with Crippen LogP contribution in [-0.2, 0) is 24.5 Å². The van der Waals surface area contributed by atoms with Crippen LogP contribution in [0.5, 0.6) is 0 Å². The van der Waals surface area contributed by atoms with Gasteiger partial charge in [-0.25, -0.2) is 9.97 Å². The van der Waals surface area contributed by atoms with Gasteiger partial charge in [-0.2, -0.15) is 0 Å². The maximum absolute atomic E-state index is 4.78. The Bertz CT molecular complexity index is 977. The zero-order chi connectivity index (χ0) is 17.1. The van der Waals surface area contributed by atoms with Crippen LogP contribution in [0.1, 0.15) is 6.92 Å². The van der Waals surface area contributed by atoms with Crippen molar-refractivity contribution in [2.24, 2.45) is 7.05 Å². The molecule has 0 aliphatic heterocycles. The molecule has 0 aliphatic carbocycles. The topological polar surface area (TPSA) is 35.6 Å². The van der Waals surface area contributed by atoms with E-state index >= 15 is 0 Å². The first kappa shape index (κ1) is 17.6. The number of nitrogens with zero attached hydrogens (tertiary/aromatic N) is 4. The molecular formula is C17H16Br2N4Ni. The van der Waals surface area contributed by atoms with E-state index in [4.69, 9.17) is 4.98 Å². The Morgan fingerprint density at radius 1 is 1.04 bits per heavy atom. The Kier molecular flexibility index (Phi) is 5.74. The van der Waals surface area contributed by atoms with Crippen molar-refractivity contribution in [1.29, 1.82) is 0 Å². The Balaban J connectivity index is 0.000000526. The fourth-order valence-electron chi connectivity index (χ4n) is 2.91. The minimum atomic E-state index is 0.919. The summed E-state index contributed by atoms with van der Waals surface area (Å²) < 4.78 is 4.29. The molecule has 4 rings (SSSR count). The van der Waals surface area contributed by atoms with Crippen molar-refractivity contribution in [3.63, 3.8) is 0 Å². The van der Waals surface area contributed by atoms with E-state index in [0.717, 1.165) is 40.0 Å². The Morgan fingerprint density at radius 2 is 1.75 bits per heavy atom. The fourth-order valence-corrected chi connectivity index (χ4v) is 2.91. The van der Waals surface area contributed by atoms with Crippen LogP contribution in [0.2, 0.25) is 0 Å². The molecule has 24 heavy (non-hydrogen) atoms. The molecule has 0 amide bonds. The standard InChI is InChI=1S/C17H16N4.2BrH.Ni/c1-3-21-11-18-16-12(7-6-10-15(16)21)17-19-13-8-4-5-9-14(13)20(17)2;;;/h4-11H,3H2,1-2H3;2*1H;/q;;;+2/p-2. The summed E-state index contributed by atoms with van der Waals surface area (Å²) in [4.78, 5) is 9.37. The van der Waals surface area contributed by atoms with Crippen LogP contribution >= 0.6 is 28.5 Å². The number of para-hydroxylation sites is 3. The summed E-state index contributed by atoms with van der Waals surface area (Å²) >= 11 is 6.00. The van der Waals surface area contributed by atoms with Gasteiger partial charge >= 0.3 is 39.3 Å². The second-order valence-corrected chi connectivity index (χ2v) is 10.2. The van der Waals surface area contributed by atoms with E-state index in [1.165, 1.54) is 10.9 Å². The SMILES string of the molecule is CCn1cnc2c(-c3nc4ccccc4n3C)cccc21.[Br][Ni][Br]. The molecule has 7 heteroatoms. The van der Waals surface area contributed by atoms with Crippen LogP contribution in [0.3, 0.4) is 0 Å². The van der Waals surface area contributed by atoms with Gasteiger partial charge in [0, 0.05) is 19.2 Å². The van der Waals surface area contributed by atoms with Crippen molar-refractivity contribution < 1.29 is 10.9 Å². The van der Waals surface area contributed by atoms with Gasteiger partial charge in [0.2, 0.25) is 0 Å². The van der Waals surface area contributed by atoms with E-state index < -0.39 is 0 Å². The predicted molar refractivity (Wildman–Crippen MR) is 103 cm³/mol. The van der Waals surface area contributed by atoms with Crippen LogP contribution < -0.4 is 0 Å². The molecule has 0 unspecified atom stereocenters. The van der Waals surface area contributed by atoms with E-state index in [0.29, 0.717) is 0 Å². The van der Waals surface area contributed by atoms with E-state index in [1.54, 1.807) is 0 Å². The molecule has 2 aromatic carbocycles. The third-order valence-electron chi connectivity index (χ3n) is 4.02. The summed E-state index contributed by atoms with van der Waals surface area (Å²) in [6.07, 6.45) is 1.90. The molecule has 0 saturated heterocycles. The second kappa shape index (κ2) is 7.81. The predicted octanol–water partition coefficient (Wildman–Crippen LogP) is 5.30. The quantitative estimate of drug-likeness (QED) is 0.355. The molecule has 0 radical (unpaired) electrons. The third kappa shape index (κ3) is 3.17. The summed E-state index contributed by atoms with van der Waals surface area (Å²) in [5.74, 6) is 0.961. The van der Waals surface area contributed by atoms with Crippen molar-refractivity contribution in [3.05, 3.63) is 48.8 Å². The molecular weight excluding hydrogens is 479 g/mol. The molecule has 0 fully saturated rings. The average molecular weight is 495 g/mol. The van der Waals surface area contributed by atoms with Gasteiger partial charge in [0.05, 0.1) is 28.4 Å². The molecule has 0 spiro atoms. The van der Waals surface area contributed by atoms with Crippen LogP contribution in [-0.4, -0.2) is 19.1 Å². The van der Waals surface area contributed by atoms with Gasteiger partial charge in [-0.1, -0.05) is 18.2 Å². The molecule has 128 valence electrons. The molecule has 2 aromatic heterocycles. The van der Waals surface area contributed by atoms with Gasteiger partial charge < -0.3 is 9.13 Å². The van der Waals surface area contributed by atoms with E-state index in [2.05, 4.69) is 80.8 Å². The van der Waals surface area contributed by atoms with E-state index in [-0.39, 0.29) is 0 Å². The van der Waals surface area contributed by atoms with Crippen molar-refractivity contribution in [2.75, 3.05) is 0 Å². The second-order valence-electron chi connectivity index (χ2n) is 5.23. The van der Waals surface area contributed by atoms with Crippen LogP contribution in [0.25, 0.3) is 33.5 Å². The number of halogens is 2. The van der Waals surface area contributed by atoms with Crippen LogP contribution in [0, 0.1) is 0 Å². The number of imidazole rings is 2. The number of benzene rings is 2. The van der Waals surface area contributed by atoms with Gasteiger partial charge in [0.25, 0.3) is 0 Å². The van der Waals surface area contributed by atoms with Crippen molar-refractivity contribution in [1.82, 2.24) is 19.1 Å². The number of aromatic nitrogens is 4. The number of hydrogen-bond acceptors (Lipinski definition) is 2. The van der Waals surface area contributed by atoms with Crippen molar-refractivity contribution in [2.45, 2.75) is 13.5 Å². The summed E-state index contributed by atoms with van der Waals surface area (Å²) in [5.41, 5.74) is 5.40. The molecule has 4 aromatic rings. The zero-order valence-electron chi connectivity index (χ0n) is 13.2. The molecule has 0 aliphatic rings. The van der Waals surface area contributed by atoms with E-state index in [9.17, 15) is 0 Å². The van der Waals surface area contributed by atoms with Gasteiger partial charge in [-0.3, -0.25) is 0 Å². The third-order valence-corrected chi connectivity index (χ3v) is 4.02. The van der Waals surface area contributed by atoms with E-state index in [1.807, 2.05) is 24.5 Å². The molecule has 4 nitrogen and oxygen atoms in total. The average Bonchev–Trinajstić information content (AvgIpc) is 3.17. The van der Waals surface area contributed by atoms with Gasteiger partial charge in [0.15, 0.2) is 0 Å². The molecule has 0 bridgehead atoms. The normalized spacial score (nSPS) is 11.0. The first-order valence-corrected chi connectivity index (χ1v) is 12.3. The van der Waals surface area contributed by atoms with Gasteiger partial charge in [0.1, 0.15) is 5.82 Å². The minimum absolute atomic E-state index is 0.919. The maximum atomic E-state index is 4.78. The number of rotatable bonds is 2. The number of aryl methyl sites for hydroxylation is 2. The van der Waals surface area contributed by atoms with Crippen LogP contribution in [0.15, 0.2) is 48.8 Å². The summed E-state index contributed by atoms with van der Waals surface area (Å²) in [5, 5.41) is 0. The Labute approximate surface area is 160 Å². The first-order valence-electron chi connectivity index (χ1n) is 7.39. The number of hydrogen-bond donors (Lipinski definition) is 0. The summed E-state index contributed by atoms with van der Waals surface area (Å²) in [6.45, 7) is 3.05. The van der Waals surface area contributed by atoms with Gasteiger partial charge in [-0.15, -0.1) is 0 Å². The van der Waals surface area contributed by atoms with Crippen molar-refractivity contribution >= 4 is 50.5 Å². The summed E-state index contributed by atoms with van der Waals surface area (Å²) in [6, 6.07) is 14.5. The van der Waals surface area contributed by atoms with Gasteiger partial charge in [-0.05, 0) is 31.2 Å². The zero-order valence-corrected chi connectivity index (χ0v) is 17.3. The molecule has 0 N–H and O–H groups in total. The molecule has 2 heterocycles. The molecule has 0 atom stereocenters. The first-order chi connectivity index (χ1) is 11.7. The molecule has 0 saturated carbocycles.